The van der Waals surface area contributed by atoms with Gasteiger partial charge >= 0.3 is 0 Å². The van der Waals surface area contributed by atoms with Crippen LogP contribution in [0.2, 0.25) is 0 Å². The molecule has 5 nitrogen and oxygen atoms in total. The molecule has 0 aromatic carbocycles. The lowest BCUT2D eigenvalue weighted by atomic mass is 10.7. The first-order valence-corrected chi connectivity index (χ1v) is 5.19. The van der Waals surface area contributed by atoms with Crippen LogP contribution in [0.4, 0.5) is 5.82 Å². The first-order chi connectivity index (χ1) is 5.53. The second-order valence-electron chi connectivity index (χ2n) is 2.38. The fraction of sp³-hybridized carbons (Fsp3) is 0.500. The Kier molecular flexibility index (Phi) is 2.37. The zero-order valence-electron chi connectivity index (χ0n) is 6.98. The minimum Gasteiger partial charge on any atom is -0.274 e. The van der Waals surface area contributed by atoms with Crippen molar-refractivity contribution in [2.45, 2.75) is 6.92 Å². The summed E-state index contributed by atoms with van der Waals surface area (Å²) in [5.41, 5.74) is 0. The van der Waals surface area contributed by atoms with Gasteiger partial charge in [-0.2, -0.15) is 5.10 Å². The molecule has 0 saturated heterocycles. The standard InChI is InChI=1S/C6H11N3O2S/c1-3-12(10,11)8-6-4-5-9(2)7-6/h4-5H,3H2,1-2H3,(H,7,8). The molecule has 0 radical (unpaired) electrons. The Morgan fingerprint density at radius 3 is 2.75 bits per heavy atom. The van der Waals surface area contributed by atoms with Crippen molar-refractivity contribution >= 4 is 15.8 Å². The lowest BCUT2D eigenvalue weighted by molar-refractivity contribution is 0.602. The van der Waals surface area contributed by atoms with Gasteiger partial charge in [-0.3, -0.25) is 9.40 Å². The summed E-state index contributed by atoms with van der Waals surface area (Å²) in [6, 6.07) is 1.60. The third-order valence-corrected chi connectivity index (χ3v) is 2.63. The van der Waals surface area contributed by atoms with E-state index in [1.54, 1.807) is 26.2 Å². The topological polar surface area (TPSA) is 64.0 Å². The van der Waals surface area contributed by atoms with Gasteiger partial charge in [-0.15, -0.1) is 0 Å². The number of aromatic nitrogens is 2. The Bertz CT molecular complexity index is 355. The number of rotatable bonds is 3. The lowest BCUT2D eigenvalue weighted by Gasteiger charge is -2.00. The lowest BCUT2D eigenvalue weighted by Crippen LogP contribution is -2.15. The van der Waals surface area contributed by atoms with Crippen LogP contribution < -0.4 is 4.72 Å². The highest BCUT2D eigenvalue weighted by Gasteiger charge is 2.07. The predicted octanol–water partition coefficient (Wildman–Crippen LogP) is 0.182. The van der Waals surface area contributed by atoms with Gasteiger partial charge in [0.1, 0.15) is 0 Å². The van der Waals surface area contributed by atoms with Gasteiger partial charge in [0, 0.05) is 19.3 Å². The van der Waals surface area contributed by atoms with Gasteiger partial charge in [-0.05, 0) is 6.92 Å². The third-order valence-electron chi connectivity index (χ3n) is 1.35. The van der Waals surface area contributed by atoms with Gasteiger partial charge in [-0.1, -0.05) is 0 Å². The van der Waals surface area contributed by atoms with Crippen LogP contribution in [0.25, 0.3) is 0 Å². The fourth-order valence-electron chi connectivity index (χ4n) is 0.701. The van der Waals surface area contributed by atoms with E-state index in [-0.39, 0.29) is 5.75 Å². The summed E-state index contributed by atoms with van der Waals surface area (Å²) in [7, 11) is -1.46. The maximum absolute atomic E-state index is 11.0. The molecular weight excluding hydrogens is 178 g/mol. The van der Waals surface area contributed by atoms with Crippen molar-refractivity contribution in [3.63, 3.8) is 0 Å². The molecule has 0 bridgehead atoms. The average Bonchev–Trinajstić information content (AvgIpc) is 2.35. The molecule has 1 rings (SSSR count). The number of anilines is 1. The largest absolute Gasteiger partial charge is 0.274 e. The first-order valence-electron chi connectivity index (χ1n) is 3.53. The van der Waals surface area contributed by atoms with E-state index in [0.29, 0.717) is 5.82 Å². The molecule has 1 heterocycles. The van der Waals surface area contributed by atoms with Crippen LogP contribution in [0, 0.1) is 0 Å². The van der Waals surface area contributed by atoms with Gasteiger partial charge in [0.05, 0.1) is 5.75 Å². The third kappa shape index (κ3) is 2.23. The number of hydrogen-bond donors (Lipinski definition) is 1. The van der Waals surface area contributed by atoms with E-state index in [2.05, 4.69) is 9.82 Å². The molecule has 12 heavy (non-hydrogen) atoms. The molecule has 0 amide bonds. The highest BCUT2D eigenvalue weighted by molar-refractivity contribution is 7.92. The van der Waals surface area contributed by atoms with Gasteiger partial charge in [0.2, 0.25) is 10.0 Å². The highest BCUT2D eigenvalue weighted by atomic mass is 32.2. The van der Waals surface area contributed by atoms with E-state index in [1.165, 1.54) is 4.68 Å². The SMILES string of the molecule is CCS(=O)(=O)Nc1ccn(C)n1. The normalized spacial score (nSPS) is 11.5. The molecule has 1 aromatic rings. The quantitative estimate of drug-likeness (QED) is 0.737. The Morgan fingerprint density at radius 2 is 2.33 bits per heavy atom. The van der Waals surface area contributed by atoms with Gasteiger partial charge < -0.3 is 0 Å². The molecular formula is C6H11N3O2S. The van der Waals surface area contributed by atoms with Crippen molar-refractivity contribution < 1.29 is 8.42 Å². The highest BCUT2D eigenvalue weighted by Crippen LogP contribution is 2.03. The van der Waals surface area contributed by atoms with E-state index in [4.69, 9.17) is 0 Å². The molecule has 0 fully saturated rings. The number of aryl methyl sites for hydroxylation is 1. The van der Waals surface area contributed by atoms with Crippen molar-refractivity contribution in [2.75, 3.05) is 10.5 Å². The van der Waals surface area contributed by atoms with E-state index in [9.17, 15) is 8.42 Å². The van der Waals surface area contributed by atoms with Crippen LogP contribution in [0.5, 0.6) is 0 Å². The summed E-state index contributed by atoms with van der Waals surface area (Å²) in [5.74, 6) is 0.420. The summed E-state index contributed by atoms with van der Waals surface area (Å²) in [5, 5.41) is 3.87. The fourth-order valence-corrected chi connectivity index (χ4v) is 1.27. The van der Waals surface area contributed by atoms with Crippen LogP contribution in [0.1, 0.15) is 6.92 Å². The molecule has 1 N–H and O–H groups in total. The van der Waals surface area contributed by atoms with E-state index in [0.717, 1.165) is 0 Å². The Hall–Kier alpha value is -1.04. The second-order valence-corrected chi connectivity index (χ2v) is 4.39. The number of nitrogens with zero attached hydrogens (tertiary/aromatic N) is 2. The van der Waals surface area contributed by atoms with E-state index >= 15 is 0 Å². The molecule has 0 spiro atoms. The molecule has 0 aliphatic heterocycles. The zero-order valence-corrected chi connectivity index (χ0v) is 7.80. The van der Waals surface area contributed by atoms with Crippen LogP contribution in [0.3, 0.4) is 0 Å². The summed E-state index contributed by atoms with van der Waals surface area (Å²) >= 11 is 0. The summed E-state index contributed by atoms with van der Waals surface area (Å²) in [6.45, 7) is 1.57. The summed E-state index contributed by atoms with van der Waals surface area (Å²) in [4.78, 5) is 0. The maximum Gasteiger partial charge on any atom is 0.233 e. The molecule has 0 saturated carbocycles. The monoisotopic (exact) mass is 189 g/mol. The minimum atomic E-state index is -3.19. The van der Waals surface area contributed by atoms with Gasteiger partial charge in [0.15, 0.2) is 5.82 Å². The average molecular weight is 189 g/mol. The van der Waals surface area contributed by atoms with Crippen molar-refractivity contribution in [3.8, 4) is 0 Å². The number of sulfonamides is 1. The molecule has 0 unspecified atom stereocenters. The van der Waals surface area contributed by atoms with Crippen LogP contribution >= 0.6 is 0 Å². The Balaban J connectivity index is 2.77. The van der Waals surface area contributed by atoms with Crippen LogP contribution in [0.15, 0.2) is 12.3 Å². The smallest absolute Gasteiger partial charge is 0.233 e. The number of hydrogen-bond acceptors (Lipinski definition) is 3. The van der Waals surface area contributed by atoms with Crippen molar-refractivity contribution in [1.82, 2.24) is 9.78 Å². The molecule has 0 atom stereocenters. The van der Waals surface area contributed by atoms with E-state index < -0.39 is 10.0 Å². The second kappa shape index (κ2) is 3.14. The van der Waals surface area contributed by atoms with Crippen molar-refractivity contribution in [1.29, 1.82) is 0 Å². The van der Waals surface area contributed by atoms with Gasteiger partial charge in [0.25, 0.3) is 0 Å². The van der Waals surface area contributed by atoms with Crippen LogP contribution in [-0.4, -0.2) is 24.0 Å². The van der Waals surface area contributed by atoms with Crippen molar-refractivity contribution in [3.05, 3.63) is 12.3 Å². The minimum absolute atomic E-state index is 0.0591. The molecule has 0 aliphatic rings. The van der Waals surface area contributed by atoms with Gasteiger partial charge in [-0.25, -0.2) is 8.42 Å². The molecule has 68 valence electrons. The Morgan fingerprint density at radius 1 is 1.67 bits per heavy atom. The van der Waals surface area contributed by atoms with E-state index in [1.807, 2.05) is 0 Å². The number of nitrogens with one attached hydrogen (secondary N) is 1. The molecule has 1 aromatic heterocycles. The summed E-state index contributed by atoms with van der Waals surface area (Å²) in [6.07, 6.45) is 1.67. The molecule has 0 aliphatic carbocycles. The predicted molar refractivity (Wildman–Crippen MR) is 46.3 cm³/mol. The first kappa shape index (κ1) is 9.05. The van der Waals surface area contributed by atoms with Crippen LogP contribution in [-0.2, 0) is 17.1 Å². The van der Waals surface area contributed by atoms with Crippen molar-refractivity contribution in [2.24, 2.45) is 7.05 Å². The Labute approximate surface area is 71.4 Å². The zero-order chi connectivity index (χ0) is 9.19. The maximum atomic E-state index is 11.0. The summed E-state index contributed by atoms with van der Waals surface area (Å²) < 4.78 is 25.9. The molecule has 6 heteroatoms.